The van der Waals surface area contributed by atoms with E-state index in [4.69, 9.17) is 15.6 Å². The maximum atomic E-state index is 10.6. The van der Waals surface area contributed by atoms with Crippen LogP contribution in [0.25, 0.3) is 0 Å². The highest BCUT2D eigenvalue weighted by Crippen LogP contribution is 1.98. The van der Waals surface area contributed by atoms with E-state index in [1.54, 1.807) is 14.0 Å². The van der Waals surface area contributed by atoms with E-state index in [1.807, 2.05) is 0 Å². The van der Waals surface area contributed by atoms with Crippen molar-refractivity contribution in [3.8, 4) is 0 Å². The van der Waals surface area contributed by atoms with Crippen molar-refractivity contribution in [1.29, 1.82) is 0 Å². The number of hydrogen-bond donors (Lipinski definition) is 3. The van der Waals surface area contributed by atoms with Crippen LogP contribution in [0.3, 0.4) is 0 Å². The lowest BCUT2D eigenvalue weighted by Crippen LogP contribution is -2.43. The summed E-state index contributed by atoms with van der Waals surface area (Å²) in [5, 5.41) is 11.7. The number of methoxy groups -OCH3 is 1. The third-order valence-corrected chi connectivity index (χ3v) is 1.98. The molecule has 0 spiro atoms. The van der Waals surface area contributed by atoms with Crippen LogP contribution >= 0.6 is 0 Å². The number of carboxylic acids is 1. The molecule has 0 rings (SSSR count). The van der Waals surface area contributed by atoms with Crippen molar-refractivity contribution < 1.29 is 14.6 Å². The summed E-state index contributed by atoms with van der Waals surface area (Å²) in [6.07, 6.45) is 1.70. The Hall–Kier alpha value is -0.650. The third-order valence-electron chi connectivity index (χ3n) is 1.98. The number of nitrogens with one attached hydrogen (secondary N) is 1. The van der Waals surface area contributed by atoms with E-state index in [9.17, 15) is 4.79 Å². The van der Waals surface area contributed by atoms with Gasteiger partial charge in [0.2, 0.25) is 0 Å². The number of nitrogens with two attached hydrogens (primary N) is 1. The highest BCUT2D eigenvalue weighted by atomic mass is 16.5. The Balaban J connectivity index is 3.87. The van der Waals surface area contributed by atoms with Gasteiger partial charge in [0.15, 0.2) is 0 Å². The summed E-state index contributed by atoms with van der Waals surface area (Å²) in [6, 6.07) is -0.484. The molecule has 0 saturated carbocycles. The van der Waals surface area contributed by atoms with Crippen molar-refractivity contribution in [2.75, 3.05) is 20.3 Å². The molecule has 0 saturated heterocycles. The van der Waals surface area contributed by atoms with Crippen LogP contribution in [0.5, 0.6) is 0 Å². The lowest BCUT2D eigenvalue weighted by molar-refractivity contribution is -0.139. The highest BCUT2D eigenvalue weighted by molar-refractivity contribution is 5.72. The molecule has 0 aliphatic rings. The molecule has 5 heteroatoms. The maximum absolute atomic E-state index is 10.6. The van der Waals surface area contributed by atoms with Crippen molar-refractivity contribution in [3.05, 3.63) is 0 Å². The van der Waals surface area contributed by atoms with E-state index in [0.717, 1.165) is 12.8 Å². The van der Waals surface area contributed by atoms with Gasteiger partial charge in [0, 0.05) is 13.2 Å². The van der Waals surface area contributed by atoms with Crippen LogP contribution in [-0.2, 0) is 9.53 Å². The van der Waals surface area contributed by atoms with Crippen LogP contribution in [0.15, 0.2) is 0 Å². The maximum Gasteiger partial charge on any atom is 0.320 e. The van der Waals surface area contributed by atoms with E-state index < -0.39 is 12.0 Å². The number of hydrogen-bond acceptors (Lipinski definition) is 4. The van der Waals surface area contributed by atoms with Crippen molar-refractivity contribution in [3.63, 3.8) is 0 Å². The number of carbonyl (C=O) groups is 1. The Bertz CT molecular complexity index is 164. The molecule has 0 aromatic carbocycles. The Kier molecular flexibility index (Phi) is 7.37. The lowest BCUT2D eigenvalue weighted by Gasteiger charge is -2.20. The zero-order valence-electron chi connectivity index (χ0n) is 8.82. The zero-order valence-corrected chi connectivity index (χ0v) is 8.82. The predicted octanol–water partition coefficient (Wildman–Crippen LogP) is -0.197. The molecule has 0 bridgehead atoms. The van der Waals surface area contributed by atoms with Gasteiger partial charge in [-0.1, -0.05) is 0 Å². The monoisotopic (exact) mass is 204 g/mol. The van der Waals surface area contributed by atoms with Crippen LogP contribution in [0, 0.1) is 0 Å². The van der Waals surface area contributed by atoms with Crippen LogP contribution in [0.1, 0.15) is 19.8 Å². The lowest BCUT2D eigenvalue weighted by atomic mass is 10.1. The first-order chi connectivity index (χ1) is 6.61. The van der Waals surface area contributed by atoms with Crippen molar-refractivity contribution in [1.82, 2.24) is 5.32 Å². The van der Waals surface area contributed by atoms with E-state index in [2.05, 4.69) is 5.32 Å². The minimum atomic E-state index is -0.848. The molecule has 2 unspecified atom stereocenters. The topological polar surface area (TPSA) is 84.6 Å². The molecule has 84 valence electrons. The highest BCUT2D eigenvalue weighted by Gasteiger charge is 2.16. The first-order valence-corrected chi connectivity index (χ1v) is 4.79. The van der Waals surface area contributed by atoms with E-state index in [0.29, 0.717) is 13.2 Å². The Morgan fingerprint density at radius 3 is 2.71 bits per heavy atom. The minimum absolute atomic E-state index is 0.0645. The standard InChI is InChI=1S/C9H20N2O3/c1-7(9(12)13)11-8(6-14-2)4-3-5-10/h7-8,11H,3-6,10H2,1-2H3,(H,12,13). The Morgan fingerprint density at radius 1 is 1.64 bits per heavy atom. The van der Waals surface area contributed by atoms with Gasteiger partial charge in [-0.05, 0) is 26.3 Å². The molecule has 0 aromatic rings. The van der Waals surface area contributed by atoms with Gasteiger partial charge in [-0.15, -0.1) is 0 Å². The third kappa shape index (κ3) is 5.90. The van der Waals surface area contributed by atoms with Gasteiger partial charge in [0.25, 0.3) is 0 Å². The summed E-state index contributed by atoms with van der Waals surface area (Å²) in [5.74, 6) is -0.848. The summed E-state index contributed by atoms with van der Waals surface area (Å²) in [5.41, 5.74) is 5.38. The van der Waals surface area contributed by atoms with Crippen LogP contribution in [-0.4, -0.2) is 43.4 Å². The van der Waals surface area contributed by atoms with E-state index >= 15 is 0 Å². The number of ether oxygens (including phenoxy) is 1. The molecular formula is C9H20N2O3. The fourth-order valence-corrected chi connectivity index (χ4v) is 1.21. The van der Waals surface area contributed by atoms with E-state index in [-0.39, 0.29) is 6.04 Å². The Morgan fingerprint density at radius 2 is 2.29 bits per heavy atom. The van der Waals surface area contributed by atoms with Crippen molar-refractivity contribution in [2.24, 2.45) is 5.73 Å². The number of carboxylic acid groups (broad SMARTS) is 1. The van der Waals surface area contributed by atoms with Gasteiger partial charge in [-0.2, -0.15) is 0 Å². The molecule has 0 amide bonds. The largest absolute Gasteiger partial charge is 0.480 e. The zero-order chi connectivity index (χ0) is 11.0. The van der Waals surface area contributed by atoms with Crippen LogP contribution in [0.2, 0.25) is 0 Å². The molecule has 0 aliphatic heterocycles. The van der Waals surface area contributed by atoms with Gasteiger partial charge < -0.3 is 15.6 Å². The summed E-state index contributed by atoms with van der Waals surface area (Å²) >= 11 is 0. The average Bonchev–Trinajstić information content (AvgIpc) is 2.14. The van der Waals surface area contributed by atoms with Crippen LogP contribution < -0.4 is 11.1 Å². The normalized spacial score (nSPS) is 15.1. The van der Waals surface area contributed by atoms with Gasteiger partial charge in [-0.3, -0.25) is 10.1 Å². The molecule has 4 N–H and O–H groups in total. The number of rotatable bonds is 8. The van der Waals surface area contributed by atoms with Gasteiger partial charge in [0.1, 0.15) is 6.04 Å². The summed E-state index contributed by atoms with van der Waals surface area (Å²) in [6.45, 7) is 2.74. The second-order valence-corrected chi connectivity index (χ2v) is 3.31. The smallest absolute Gasteiger partial charge is 0.320 e. The SMILES string of the molecule is COCC(CCCN)NC(C)C(=O)O. The molecule has 14 heavy (non-hydrogen) atoms. The first kappa shape index (κ1) is 13.4. The Labute approximate surface area is 84.6 Å². The van der Waals surface area contributed by atoms with Gasteiger partial charge in [-0.25, -0.2) is 0 Å². The fraction of sp³-hybridized carbons (Fsp3) is 0.889. The average molecular weight is 204 g/mol. The molecule has 0 radical (unpaired) electrons. The first-order valence-electron chi connectivity index (χ1n) is 4.79. The second kappa shape index (κ2) is 7.73. The molecule has 0 fully saturated rings. The summed E-state index contributed by atoms with van der Waals surface area (Å²) < 4.78 is 4.99. The summed E-state index contributed by atoms with van der Waals surface area (Å²) in [7, 11) is 1.60. The second-order valence-electron chi connectivity index (χ2n) is 3.31. The number of aliphatic carboxylic acids is 1. The predicted molar refractivity (Wildman–Crippen MR) is 54.2 cm³/mol. The molecule has 2 atom stereocenters. The molecule has 0 aliphatic carbocycles. The van der Waals surface area contributed by atoms with Crippen LogP contribution in [0.4, 0.5) is 0 Å². The molecular weight excluding hydrogens is 184 g/mol. The summed E-state index contributed by atoms with van der Waals surface area (Å²) in [4.78, 5) is 10.6. The minimum Gasteiger partial charge on any atom is -0.480 e. The van der Waals surface area contributed by atoms with Gasteiger partial charge >= 0.3 is 5.97 Å². The van der Waals surface area contributed by atoms with Gasteiger partial charge in [0.05, 0.1) is 6.61 Å². The fourth-order valence-electron chi connectivity index (χ4n) is 1.21. The quantitative estimate of drug-likeness (QED) is 0.510. The molecule has 0 heterocycles. The molecule has 0 aromatic heterocycles. The van der Waals surface area contributed by atoms with Crippen molar-refractivity contribution >= 4 is 5.97 Å². The van der Waals surface area contributed by atoms with E-state index in [1.165, 1.54) is 0 Å². The van der Waals surface area contributed by atoms with Crippen molar-refractivity contribution in [2.45, 2.75) is 31.8 Å². The molecule has 5 nitrogen and oxygen atoms in total.